The van der Waals surface area contributed by atoms with Gasteiger partial charge in [-0.1, -0.05) is 0 Å². The van der Waals surface area contributed by atoms with Crippen molar-refractivity contribution >= 4 is 119 Å². The van der Waals surface area contributed by atoms with E-state index in [-0.39, 0.29) is 94.7 Å². The summed E-state index contributed by atoms with van der Waals surface area (Å²) in [5, 5.41) is 18.5. The number of phenols is 2. The van der Waals surface area contributed by atoms with Crippen LogP contribution in [0.25, 0.3) is 0 Å². The van der Waals surface area contributed by atoms with Gasteiger partial charge in [-0.15, -0.1) is 0 Å². The van der Waals surface area contributed by atoms with E-state index in [2.05, 4.69) is 0 Å². The molecule has 120 valence electrons. The van der Waals surface area contributed by atoms with Crippen molar-refractivity contribution in [2.24, 2.45) is 0 Å². The van der Waals surface area contributed by atoms with Crippen LogP contribution in [0.1, 0.15) is 0 Å². The van der Waals surface area contributed by atoms with Gasteiger partial charge in [0.05, 0.1) is 0 Å². The monoisotopic (exact) mass is 422 g/mol. The molecule has 0 bridgehead atoms. The van der Waals surface area contributed by atoms with Crippen LogP contribution in [0.15, 0.2) is 20.8 Å². The molecule has 5 N–H and O–H groups in total. The topological polar surface area (TPSA) is 204 Å². The molecule has 17 heteroatoms. The summed E-state index contributed by atoms with van der Waals surface area (Å²) in [6, 6.07) is -0.150. The first-order valence-electron chi connectivity index (χ1n) is 4.18. The summed E-state index contributed by atoms with van der Waals surface area (Å²) < 4.78 is 91.7. The van der Waals surface area contributed by atoms with Crippen LogP contribution < -0.4 is 0 Å². The summed E-state index contributed by atoms with van der Waals surface area (Å²) in [5.41, 5.74) is 0. The van der Waals surface area contributed by atoms with Crippen molar-refractivity contribution < 1.29 is 49.1 Å². The van der Waals surface area contributed by atoms with E-state index in [9.17, 15) is 35.5 Å². The van der Waals surface area contributed by atoms with Crippen LogP contribution in [0, 0.1) is 0 Å². The van der Waals surface area contributed by atoms with E-state index in [1.165, 1.54) is 0 Å². The van der Waals surface area contributed by atoms with Crippen molar-refractivity contribution in [1.29, 1.82) is 0 Å². The van der Waals surface area contributed by atoms with Crippen LogP contribution in [0.3, 0.4) is 0 Å². The van der Waals surface area contributed by atoms with Gasteiger partial charge in [0.25, 0.3) is 30.4 Å². The van der Waals surface area contributed by atoms with E-state index < -0.39 is 56.5 Å². The third-order valence-electron chi connectivity index (χ3n) is 1.97. The maximum atomic E-state index is 11.0. The number of benzene rings is 1. The molecule has 0 amide bonds. The van der Waals surface area contributed by atoms with Gasteiger partial charge >= 0.3 is 88.7 Å². The number of rotatable bonds is 3. The summed E-state index contributed by atoms with van der Waals surface area (Å²) in [5.74, 6) is -3.61. The molecule has 1 aromatic carbocycles. The average molecular weight is 422 g/mol. The van der Waals surface area contributed by atoms with Crippen molar-refractivity contribution in [2.75, 3.05) is 0 Å². The molecule has 0 aliphatic carbocycles. The Morgan fingerprint density at radius 1 is 0.609 bits per heavy atom. The second-order valence-corrected chi connectivity index (χ2v) is 7.46. The Morgan fingerprint density at radius 3 is 1.22 bits per heavy atom. The molecular formula is C6H9Na3O11S3. The van der Waals surface area contributed by atoms with Crippen molar-refractivity contribution in [2.45, 2.75) is 14.7 Å². The third kappa shape index (κ3) is 6.99. The number of aromatic hydroxyl groups is 2. The summed E-state index contributed by atoms with van der Waals surface area (Å²) >= 11 is 0. The molecule has 0 aliphatic heterocycles. The average Bonchev–Trinajstić information content (AvgIpc) is 2.15. The standard InChI is InChI=1S/C6H6O11S3.3Na.3H/c7-4-2(18(9,10)11)1-3(19(12,13)14)6(5(4)8)20(15,16)17;;;;;;/h1,7-8H,(H,9,10,11)(H,12,13,14)(H,15,16,17);;;;;;. The molecule has 0 unspecified atom stereocenters. The van der Waals surface area contributed by atoms with Crippen molar-refractivity contribution in [3.63, 3.8) is 0 Å². The Kier molecular flexibility index (Phi) is 12.1. The first-order chi connectivity index (χ1) is 8.67. The molecule has 0 heterocycles. The van der Waals surface area contributed by atoms with Crippen molar-refractivity contribution in [3.8, 4) is 11.5 Å². The fourth-order valence-electron chi connectivity index (χ4n) is 1.23. The predicted octanol–water partition coefficient (Wildman–Crippen LogP) is -3.11. The molecule has 1 rings (SSSR count). The molecule has 0 saturated heterocycles. The number of hydrogen-bond donors (Lipinski definition) is 5. The van der Waals surface area contributed by atoms with Crippen molar-refractivity contribution in [3.05, 3.63) is 6.07 Å². The van der Waals surface area contributed by atoms with Crippen LogP contribution >= 0.6 is 0 Å². The van der Waals surface area contributed by atoms with E-state index in [0.717, 1.165) is 0 Å². The van der Waals surface area contributed by atoms with Crippen LogP contribution in [0.5, 0.6) is 11.5 Å². The molecule has 0 aromatic heterocycles. The fourth-order valence-corrected chi connectivity index (χ4v) is 3.80. The van der Waals surface area contributed by atoms with Gasteiger partial charge in [-0.2, -0.15) is 25.3 Å². The zero-order valence-corrected chi connectivity index (χ0v) is 11.4. The first kappa shape index (κ1) is 29.3. The quantitative estimate of drug-likeness (QED) is 0.187. The summed E-state index contributed by atoms with van der Waals surface area (Å²) in [6.07, 6.45) is 0. The van der Waals surface area contributed by atoms with Gasteiger partial charge in [0.1, 0.15) is 9.79 Å². The van der Waals surface area contributed by atoms with Crippen LogP contribution in [-0.4, -0.2) is 138 Å². The number of phenolic OH excluding ortho intramolecular Hbond substituents is 2. The second-order valence-electron chi connectivity index (χ2n) is 3.32. The summed E-state index contributed by atoms with van der Waals surface area (Å²) in [4.78, 5) is -5.18. The van der Waals surface area contributed by atoms with Crippen LogP contribution in [0.2, 0.25) is 0 Å². The molecule has 23 heavy (non-hydrogen) atoms. The normalized spacial score (nSPS) is 11.6. The minimum absolute atomic E-state index is 0. The number of hydrogen-bond acceptors (Lipinski definition) is 8. The Hall–Kier alpha value is 1.55. The van der Waals surface area contributed by atoms with E-state index in [4.69, 9.17) is 13.7 Å². The Labute approximate surface area is 197 Å². The van der Waals surface area contributed by atoms with Crippen LogP contribution in [-0.2, 0) is 30.4 Å². The molecule has 0 aliphatic rings. The molecule has 11 nitrogen and oxygen atoms in total. The van der Waals surface area contributed by atoms with Gasteiger partial charge in [-0.3, -0.25) is 13.7 Å². The molecular weight excluding hydrogens is 413 g/mol. The SMILES string of the molecule is O=S(=O)(O)c1cc(S(=O)(=O)O)c(S(=O)(=O)O)c(O)c1O.[NaH].[NaH].[NaH]. The van der Waals surface area contributed by atoms with E-state index in [1.807, 2.05) is 0 Å². The van der Waals surface area contributed by atoms with Crippen molar-refractivity contribution in [1.82, 2.24) is 0 Å². The van der Waals surface area contributed by atoms with Gasteiger partial charge in [-0.05, 0) is 6.07 Å². The van der Waals surface area contributed by atoms with Gasteiger partial charge in [0, 0.05) is 0 Å². The molecule has 0 saturated carbocycles. The molecule has 0 atom stereocenters. The molecule has 0 fully saturated rings. The predicted molar refractivity (Wildman–Crippen MR) is 80.7 cm³/mol. The van der Waals surface area contributed by atoms with E-state index in [0.29, 0.717) is 0 Å². The summed E-state index contributed by atoms with van der Waals surface area (Å²) in [6.45, 7) is 0. The fraction of sp³-hybridized carbons (Fsp3) is 0. The Morgan fingerprint density at radius 2 is 0.957 bits per heavy atom. The van der Waals surface area contributed by atoms with E-state index in [1.54, 1.807) is 0 Å². The van der Waals surface area contributed by atoms with Gasteiger partial charge in [0.2, 0.25) is 0 Å². The van der Waals surface area contributed by atoms with Crippen LogP contribution in [0.4, 0.5) is 0 Å². The van der Waals surface area contributed by atoms with Gasteiger partial charge in [0.15, 0.2) is 16.4 Å². The zero-order valence-electron chi connectivity index (χ0n) is 8.99. The Bertz CT molecular complexity index is 887. The minimum atomic E-state index is -5.46. The zero-order chi connectivity index (χ0) is 16.1. The second kappa shape index (κ2) is 9.48. The molecule has 0 radical (unpaired) electrons. The summed E-state index contributed by atoms with van der Waals surface area (Å²) in [7, 11) is -16.1. The van der Waals surface area contributed by atoms with Gasteiger partial charge < -0.3 is 10.2 Å². The molecule has 1 aromatic rings. The third-order valence-corrected chi connectivity index (χ3v) is 4.78. The van der Waals surface area contributed by atoms with Gasteiger partial charge in [-0.25, -0.2) is 0 Å². The first-order valence-corrected chi connectivity index (χ1v) is 8.50. The van der Waals surface area contributed by atoms with E-state index >= 15 is 0 Å². The molecule has 0 spiro atoms. The maximum absolute atomic E-state index is 11.0. The Balaban J connectivity index is -0.00000133.